The van der Waals surface area contributed by atoms with Crippen molar-refractivity contribution < 1.29 is 23.5 Å². The highest BCUT2D eigenvalue weighted by Gasteiger charge is 2.22. The fraction of sp³-hybridized carbons (Fsp3) is 0.240. The molecule has 0 saturated carbocycles. The maximum Gasteiger partial charge on any atom is 0.340 e. The quantitative estimate of drug-likeness (QED) is 0.438. The molecule has 7 nitrogen and oxygen atoms in total. The number of hydrogen-bond donors (Lipinski definition) is 2. The summed E-state index contributed by atoms with van der Waals surface area (Å²) in [5.74, 6) is -0.908. The second kappa shape index (κ2) is 8.34. The highest BCUT2D eigenvalue weighted by Crippen LogP contribution is 2.37. The fourth-order valence-electron chi connectivity index (χ4n) is 4.01. The van der Waals surface area contributed by atoms with E-state index in [0.717, 1.165) is 22.3 Å². The zero-order valence-corrected chi connectivity index (χ0v) is 18.0. The molecule has 1 atom stereocenters. The maximum absolute atomic E-state index is 12.6. The summed E-state index contributed by atoms with van der Waals surface area (Å²) in [4.78, 5) is 36.2. The number of carboxylic acids is 1. The molecular weight excluding hydrogens is 410 g/mol. The molecule has 32 heavy (non-hydrogen) atoms. The molecule has 0 bridgehead atoms. The Hall–Kier alpha value is -3.87. The van der Waals surface area contributed by atoms with Crippen LogP contribution < -0.4 is 10.9 Å². The predicted molar refractivity (Wildman–Crippen MR) is 121 cm³/mol. The largest absolute Gasteiger partial charge is 0.480 e. The zero-order chi connectivity index (χ0) is 23.0. The molecule has 0 saturated heterocycles. The Labute approximate surface area is 183 Å². The van der Waals surface area contributed by atoms with E-state index in [2.05, 4.69) is 5.32 Å². The molecule has 0 fully saturated rings. The van der Waals surface area contributed by atoms with Gasteiger partial charge in [0.2, 0.25) is 5.91 Å². The molecular formula is C25H23NO6. The number of fused-ring (bicyclic) bond motifs is 2. The standard InChI is InChI=1S/C25H23NO6/c1-4-19(24(28)29)26-22(27)11-17-13(2)16-10-18-21(12-20(16)32-25(17)30)31-14(3)23(18)15-8-6-5-7-9-15/h5-10,12,19H,4,11H2,1-3H3,(H,26,27)(H,28,29)/t19-/m0/s1. The Balaban J connectivity index is 1.81. The van der Waals surface area contributed by atoms with Crippen molar-refractivity contribution in [3.63, 3.8) is 0 Å². The van der Waals surface area contributed by atoms with Crippen molar-refractivity contribution in [2.24, 2.45) is 0 Å². The first-order chi connectivity index (χ1) is 15.3. The van der Waals surface area contributed by atoms with Crippen molar-refractivity contribution in [2.45, 2.75) is 39.7 Å². The Morgan fingerprint density at radius 3 is 2.38 bits per heavy atom. The van der Waals surface area contributed by atoms with Gasteiger partial charge in [0.25, 0.3) is 0 Å². The molecule has 0 spiro atoms. The molecule has 4 rings (SSSR count). The first-order valence-corrected chi connectivity index (χ1v) is 10.4. The third kappa shape index (κ3) is 3.77. The van der Waals surface area contributed by atoms with Crippen LogP contribution in [0.5, 0.6) is 0 Å². The van der Waals surface area contributed by atoms with E-state index in [1.54, 1.807) is 19.9 Å². The Morgan fingerprint density at radius 1 is 1.03 bits per heavy atom. The van der Waals surface area contributed by atoms with E-state index in [0.29, 0.717) is 22.1 Å². The van der Waals surface area contributed by atoms with Crippen molar-refractivity contribution in [1.82, 2.24) is 5.32 Å². The number of benzene rings is 2. The lowest BCUT2D eigenvalue weighted by Gasteiger charge is -2.13. The molecule has 0 unspecified atom stereocenters. The van der Waals surface area contributed by atoms with Crippen LogP contribution in [-0.2, 0) is 16.0 Å². The normalized spacial score (nSPS) is 12.2. The molecule has 0 aliphatic rings. The monoisotopic (exact) mass is 433 g/mol. The number of carboxylic acid groups (broad SMARTS) is 1. The van der Waals surface area contributed by atoms with E-state index in [1.165, 1.54) is 0 Å². The van der Waals surface area contributed by atoms with Crippen LogP contribution in [-0.4, -0.2) is 23.0 Å². The summed E-state index contributed by atoms with van der Waals surface area (Å²) in [5, 5.41) is 13.2. The van der Waals surface area contributed by atoms with Crippen molar-refractivity contribution in [3.05, 3.63) is 69.8 Å². The van der Waals surface area contributed by atoms with Gasteiger partial charge in [-0.25, -0.2) is 9.59 Å². The minimum atomic E-state index is -1.12. The van der Waals surface area contributed by atoms with Gasteiger partial charge in [0.15, 0.2) is 0 Å². The summed E-state index contributed by atoms with van der Waals surface area (Å²) < 4.78 is 11.4. The number of aliphatic carboxylic acids is 1. The Bertz CT molecular complexity index is 1400. The predicted octanol–water partition coefficient (Wildman–Crippen LogP) is 4.34. The minimum absolute atomic E-state index is 0.205. The number of nitrogens with one attached hydrogen (secondary N) is 1. The second-order valence-electron chi connectivity index (χ2n) is 7.78. The van der Waals surface area contributed by atoms with Gasteiger partial charge in [0.05, 0.1) is 12.0 Å². The molecule has 164 valence electrons. The number of hydrogen-bond acceptors (Lipinski definition) is 5. The SMILES string of the molecule is CC[C@H](NC(=O)Cc1c(C)c2cc3c(-c4ccccc4)c(C)oc3cc2oc1=O)C(=O)O. The van der Waals surface area contributed by atoms with Gasteiger partial charge >= 0.3 is 11.6 Å². The van der Waals surface area contributed by atoms with Crippen molar-refractivity contribution >= 4 is 33.8 Å². The fourth-order valence-corrected chi connectivity index (χ4v) is 4.01. The number of amides is 1. The van der Waals surface area contributed by atoms with Crippen LogP contribution in [0.1, 0.15) is 30.2 Å². The van der Waals surface area contributed by atoms with E-state index in [9.17, 15) is 14.4 Å². The highest BCUT2D eigenvalue weighted by molar-refractivity contribution is 6.03. The summed E-state index contributed by atoms with van der Waals surface area (Å²) in [6.45, 7) is 5.31. The van der Waals surface area contributed by atoms with Crippen LogP contribution >= 0.6 is 0 Å². The lowest BCUT2D eigenvalue weighted by atomic mass is 9.98. The summed E-state index contributed by atoms with van der Waals surface area (Å²) >= 11 is 0. The molecule has 1 amide bonds. The molecule has 2 aromatic heterocycles. The average molecular weight is 433 g/mol. The third-order valence-corrected chi connectivity index (χ3v) is 5.71. The average Bonchev–Trinajstić information content (AvgIpc) is 3.08. The van der Waals surface area contributed by atoms with Gasteiger partial charge in [-0.15, -0.1) is 0 Å². The summed E-state index contributed by atoms with van der Waals surface area (Å²) in [6, 6.07) is 12.5. The summed E-state index contributed by atoms with van der Waals surface area (Å²) in [5.41, 5.74) is 3.14. The molecule has 2 heterocycles. The minimum Gasteiger partial charge on any atom is -0.480 e. The maximum atomic E-state index is 12.6. The van der Waals surface area contributed by atoms with Gasteiger partial charge in [-0.3, -0.25) is 4.79 Å². The number of carbonyl (C=O) groups excluding carboxylic acids is 1. The molecule has 0 aliphatic heterocycles. The van der Waals surface area contributed by atoms with Crippen molar-refractivity contribution in [3.8, 4) is 11.1 Å². The van der Waals surface area contributed by atoms with Crippen LogP contribution in [0.2, 0.25) is 0 Å². The number of furan rings is 1. The summed E-state index contributed by atoms with van der Waals surface area (Å²) in [6.07, 6.45) is -0.0195. The first kappa shape index (κ1) is 21.4. The highest BCUT2D eigenvalue weighted by atomic mass is 16.4. The smallest absolute Gasteiger partial charge is 0.340 e. The van der Waals surface area contributed by atoms with Gasteiger partial charge in [-0.1, -0.05) is 37.3 Å². The third-order valence-electron chi connectivity index (χ3n) is 5.71. The van der Waals surface area contributed by atoms with Crippen LogP contribution in [0.15, 0.2) is 56.1 Å². The number of rotatable bonds is 6. The van der Waals surface area contributed by atoms with Gasteiger partial charge in [0, 0.05) is 22.4 Å². The van der Waals surface area contributed by atoms with Gasteiger partial charge in [-0.05, 0) is 37.5 Å². The van der Waals surface area contributed by atoms with Crippen LogP contribution in [0.3, 0.4) is 0 Å². The van der Waals surface area contributed by atoms with Crippen molar-refractivity contribution in [2.75, 3.05) is 0 Å². The molecule has 2 N–H and O–H groups in total. The van der Waals surface area contributed by atoms with Crippen molar-refractivity contribution in [1.29, 1.82) is 0 Å². The lowest BCUT2D eigenvalue weighted by molar-refractivity contribution is -0.141. The Kier molecular flexibility index (Phi) is 5.57. The Morgan fingerprint density at radius 2 is 1.72 bits per heavy atom. The van der Waals surface area contributed by atoms with E-state index in [4.69, 9.17) is 13.9 Å². The van der Waals surface area contributed by atoms with Crippen LogP contribution in [0, 0.1) is 13.8 Å². The molecule has 7 heteroatoms. The van der Waals surface area contributed by atoms with E-state index >= 15 is 0 Å². The van der Waals surface area contributed by atoms with E-state index in [-0.39, 0.29) is 18.4 Å². The van der Waals surface area contributed by atoms with Gasteiger partial charge in [0.1, 0.15) is 23.0 Å². The van der Waals surface area contributed by atoms with Crippen LogP contribution in [0.25, 0.3) is 33.1 Å². The lowest BCUT2D eigenvalue weighted by Crippen LogP contribution is -2.41. The zero-order valence-electron chi connectivity index (χ0n) is 18.0. The van der Waals surface area contributed by atoms with Gasteiger partial charge in [-0.2, -0.15) is 0 Å². The van der Waals surface area contributed by atoms with E-state index in [1.807, 2.05) is 43.3 Å². The summed E-state index contributed by atoms with van der Waals surface area (Å²) in [7, 11) is 0. The molecule has 2 aromatic carbocycles. The van der Waals surface area contributed by atoms with E-state index < -0.39 is 23.5 Å². The number of carbonyl (C=O) groups is 2. The molecule has 0 aliphatic carbocycles. The molecule has 4 aromatic rings. The van der Waals surface area contributed by atoms with Crippen LogP contribution in [0.4, 0.5) is 0 Å². The second-order valence-corrected chi connectivity index (χ2v) is 7.78. The topological polar surface area (TPSA) is 110 Å². The number of aryl methyl sites for hydroxylation is 2. The molecule has 0 radical (unpaired) electrons. The van der Waals surface area contributed by atoms with Gasteiger partial charge < -0.3 is 19.3 Å². The first-order valence-electron chi connectivity index (χ1n) is 10.4.